The molecular formula is C9H11N5O. The fourth-order valence-corrected chi connectivity index (χ4v) is 1.18. The van der Waals surface area contributed by atoms with E-state index in [-0.39, 0.29) is 0 Å². The van der Waals surface area contributed by atoms with Gasteiger partial charge >= 0.3 is 0 Å². The highest BCUT2D eigenvalue weighted by Crippen LogP contribution is 2.11. The molecule has 0 fully saturated rings. The normalized spacial score (nSPS) is 10.3. The lowest BCUT2D eigenvalue weighted by Gasteiger charge is -2.03. The van der Waals surface area contributed by atoms with Crippen LogP contribution in [-0.2, 0) is 0 Å². The zero-order valence-corrected chi connectivity index (χ0v) is 8.51. The van der Waals surface area contributed by atoms with E-state index in [0.29, 0.717) is 17.5 Å². The van der Waals surface area contributed by atoms with Crippen molar-refractivity contribution >= 4 is 5.69 Å². The minimum absolute atomic E-state index is 0.448. The first kappa shape index (κ1) is 9.45. The van der Waals surface area contributed by atoms with E-state index in [2.05, 4.69) is 15.1 Å². The summed E-state index contributed by atoms with van der Waals surface area (Å²) in [5.74, 6) is 0.954. The van der Waals surface area contributed by atoms with Crippen LogP contribution in [0.4, 0.5) is 5.69 Å². The zero-order chi connectivity index (χ0) is 10.8. The van der Waals surface area contributed by atoms with Gasteiger partial charge in [0.25, 0.3) is 5.95 Å². The third kappa shape index (κ3) is 1.88. The summed E-state index contributed by atoms with van der Waals surface area (Å²) in [5.41, 5.74) is 6.93. The summed E-state index contributed by atoms with van der Waals surface area (Å²) in [6, 6.07) is 1.75. The lowest BCUT2D eigenvalue weighted by Crippen LogP contribution is -2.04. The van der Waals surface area contributed by atoms with Crippen LogP contribution in [0.5, 0.6) is 5.88 Å². The van der Waals surface area contributed by atoms with Crippen LogP contribution < -0.4 is 10.5 Å². The molecule has 6 nitrogen and oxygen atoms in total. The maximum atomic E-state index is 5.55. The highest BCUT2D eigenvalue weighted by molar-refractivity contribution is 5.33. The Morgan fingerprint density at radius 1 is 1.40 bits per heavy atom. The van der Waals surface area contributed by atoms with Gasteiger partial charge in [-0.3, -0.25) is 0 Å². The number of aromatic nitrogens is 4. The maximum absolute atomic E-state index is 5.55. The molecule has 6 heteroatoms. The first-order chi connectivity index (χ1) is 7.19. The van der Waals surface area contributed by atoms with E-state index in [0.717, 1.165) is 5.69 Å². The molecule has 0 aliphatic heterocycles. The Bertz CT molecular complexity index is 479. The molecule has 0 atom stereocenters. The second-order valence-corrected chi connectivity index (χ2v) is 3.07. The van der Waals surface area contributed by atoms with Crippen molar-refractivity contribution in [2.75, 3.05) is 12.8 Å². The molecule has 2 aromatic heterocycles. The molecule has 0 aliphatic carbocycles. The Kier molecular flexibility index (Phi) is 2.24. The molecular weight excluding hydrogens is 194 g/mol. The Morgan fingerprint density at radius 3 is 2.80 bits per heavy atom. The van der Waals surface area contributed by atoms with Crippen LogP contribution >= 0.6 is 0 Å². The van der Waals surface area contributed by atoms with Gasteiger partial charge in [-0.05, 0) is 6.92 Å². The van der Waals surface area contributed by atoms with Crippen LogP contribution in [0.15, 0.2) is 18.5 Å². The van der Waals surface area contributed by atoms with E-state index >= 15 is 0 Å². The highest BCUT2D eigenvalue weighted by Gasteiger charge is 2.05. The third-order valence-electron chi connectivity index (χ3n) is 1.84. The van der Waals surface area contributed by atoms with E-state index in [9.17, 15) is 0 Å². The van der Waals surface area contributed by atoms with Crippen LogP contribution in [0.2, 0.25) is 0 Å². The first-order valence-electron chi connectivity index (χ1n) is 4.39. The van der Waals surface area contributed by atoms with Gasteiger partial charge in [-0.25, -0.2) is 9.67 Å². The largest absolute Gasteiger partial charge is 0.481 e. The highest BCUT2D eigenvalue weighted by atomic mass is 16.5. The average molecular weight is 205 g/mol. The number of methoxy groups -OCH3 is 1. The molecule has 0 aromatic carbocycles. The van der Waals surface area contributed by atoms with Crippen molar-refractivity contribution in [3.05, 3.63) is 24.2 Å². The minimum atomic E-state index is 0.448. The van der Waals surface area contributed by atoms with E-state index in [1.54, 1.807) is 19.4 Å². The lowest BCUT2D eigenvalue weighted by atomic mass is 10.4. The van der Waals surface area contributed by atoms with Gasteiger partial charge in [-0.1, -0.05) is 0 Å². The number of nitrogens with zero attached hydrogens (tertiary/aromatic N) is 4. The molecule has 0 bridgehead atoms. The van der Waals surface area contributed by atoms with Crippen molar-refractivity contribution in [2.45, 2.75) is 6.92 Å². The predicted molar refractivity (Wildman–Crippen MR) is 54.9 cm³/mol. The number of nitrogen functional groups attached to an aromatic ring is 1. The Hall–Kier alpha value is -2.11. The first-order valence-corrected chi connectivity index (χ1v) is 4.39. The van der Waals surface area contributed by atoms with Gasteiger partial charge in [0.15, 0.2) is 0 Å². The smallest absolute Gasteiger partial charge is 0.254 e. The van der Waals surface area contributed by atoms with Crippen molar-refractivity contribution in [3.63, 3.8) is 0 Å². The number of hydrogen-bond donors (Lipinski definition) is 1. The van der Waals surface area contributed by atoms with Crippen LogP contribution in [0.25, 0.3) is 5.95 Å². The van der Waals surface area contributed by atoms with E-state index < -0.39 is 0 Å². The summed E-state index contributed by atoms with van der Waals surface area (Å²) in [6.45, 7) is 1.86. The summed E-state index contributed by atoms with van der Waals surface area (Å²) in [5, 5.41) is 4.01. The predicted octanol–water partition coefficient (Wildman–Crippen LogP) is 0.562. The average Bonchev–Trinajstić information content (AvgIpc) is 2.64. The monoisotopic (exact) mass is 205 g/mol. The van der Waals surface area contributed by atoms with Crippen LogP contribution in [0.3, 0.4) is 0 Å². The third-order valence-corrected chi connectivity index (χ3v) is 1.84. The van der Waals surface area contributed by atoms with Gasteiger partial charge in [0, 0.05) is 11.8 Å². The van der Waals surface area contributed by atoms with E-state index in [4.69, 9.17) is 10.5 Å². The van der Waals surface area contributed by atoms with Crippen LogP contribution in [0.1, 0.15) is 5.69 Å². The van der Waals surface area contributed by atoms with Gasteiger partial charge in [0.05, 0.1) is 25.2 Å². The van der Waals surface area contributed by atoms with Crippen molar-refractivity contribution in [1.29, 1.82) is 0 Å². The number of aryl methyl sites for hydroxylation is 1. The molecule has 0 saturated carbocycles. The summed E-state index contributed by atoms with van der Waals surface area (Å²) < 4.78 is 6.55. The summed E-state index contributed by atoms with van der Waals surface area (Å²) in [4.78, 5) is 8.37. The summed E-state index contributed by atoms with van der Waals surface area (Å²) in [7, 11) is 1.56. The lowest BCUT2D eigenvalue weighted by molar-refractivity contribution is 0.395. The Balaban J connectivity index is 2.48. The molecule has 0 saturated heterocycles. The molecule has 2 heterocycles. The second-order valence-electron chi connectivity index (χ2n) is 3.07. The standard InChI is InChI=1S/C9H11N5O/c1-6-3-8(15-2)13-9(12-6)14-5-7(10)4-11-14/h3-5H,10H2,1-2H3. The van der Waals surface area contributed by atoms with E-state index in [1.165, 1.54) is 10.9 Å². The molecule has 2 rings (SSSR count). The topological polar surface area (TPSA) is 78.9 Å². The number of ether oxygens (including phenoxy) is 1. The molecule has 78 valence electrons. The molecule has 2 aromatic rings. The van der Waals surface area contributed by atoms with Gasteiger partial charge < -0.3 is 10.5 Å². The fraction of sp³-hybridized carbons (Fsp3) is 0.222. The van der Waals surface area contributed by atoms with E-state index in [1.807, 2.05) is 6.92 Å². The van der Waals surface area contributed by atoms with Crippen molar-refractivity contribution < 1.29 is 4.74 Å². The second kappa shape index (κ2) is 3.56. The van der Waals surface area contributed by atoms with Crippen LogP contribution in [-0.4, -0.2) is 26.9 Å². The minimum Gasteiger partial charge on any atom is -0.481 e. The number of anilines is 1. The van der Waals surface area contributed by atoms with Gasteiger partial charge in [0.2, 0.25) is 5.88 Å². The van der Waals surface area contributed by atoms with Crippen molar-refractivity contribution in [1.82, 2.24) is 19.7 Å². The van der Waals surface area contributed by atoms with Crippen molar-refractivity contribution in [2.24, 2.45) is 0 Å². The van der Waals surface area contributed by atoms with Crippen LogP contribution in [0, 0.1) is 6.92 Å². The maximum Gasteiger partial charge on any atom is 0.254 e. The number of nitrogens with two attached hydrogens (primary N) is 1. The molecule has 0 amide bonds. The molecule has 15 heavy (non-hydrogen) atoms. The van der Waals surface area contributed by atoms with Gasteiger partial charge in [0.1, 0.15) is 0 Å². The van der Waals surface area contributed by atoms with Gasteiger partial charge in [-0.15, -0.1) is 0 Å². The SMILES string of the molecule is COc1cc(C)nc(-n2cc(N)cn2)n1. The molecule has 2 N–H and O–H groups in total. The summed E-state index contributed by atoms with van der Waals surface area (Å²) in [6.07, 6.45) is 3.19. The van der Waals surface area contributed by atoms with Crippen molar-refractivity contribution in [3.8, 4) is 11.8 Å². The molecule has 0 radical (unpaired) electrons. The fourth-order valence-electron chi connectivity index (χ4n) is 1.18. The summed E-state index contributed by atoms with van der Waals surface area (Å²) >= 11 is 0. The number of hydrogen-bond acceptors (Lipinski definition) is 5. The Labute approximate surface area is 86.7 Å². The quantitative estimate of drug-likeness (QED) is 0.775. The Morgan fingerprint density at radius 2 is 2.20 bits per heavy atom. The van der Waals surface area contributed by atoms with Gasteiger partial charge in [-0.2, -0.15) is 10.1 Å². The zero-order valence-electron chi connectivity index (χ0n) is 8.51. The molecule has 0 unspecified atom stereocenters. The molecule has 0 spiro atoms. The molecule has 0 aliphatic rings. The number of rotatable bonds is 2.